The van der Waals surface area contributed by atoms with Crippen LogP contribution in [0.15, 0.2) is 54.7 Å². The van der Waals surface area contributed by atoms with E-state index in [1.54, 1.807) is 31.2 Å². The highest BCUT2D eigenvalue weighted by molar-refractivity contribution is 6.05. The van der Waals surface area contributed by atoms with Gasteiger partial charge in [0.2, 0.25) is 5.91 Å². The number of rotatable bonds is 5. The summed E-state index contributed by atoms with van der Waals surface area (Å²) in [4.78, 5) is 24.1. The molecule has 0 saturated carbocycles. The number of nitrogens with zero attached hydrogens (tertiary/aromatic N) is 2. The molecule has 0 unspecified atom stereocenters. The fourth-order valence-electron chi connectivity index (χ4n) is 2.79. The molecular weight excluding hydrogens is 397 g/mol. The predicted molar refractivity (Wildman–Crippen MR) is 107 cm³/mol. The van der Waals surface area contributed by atoms with Crippen LogP contribution < -0.4 is 10.6 Å². The lowest BCUT2D eigenvalue weighted by Crippen LogP contribution is -2.20. The van der Waals surface area contributed by atoms with Crippen molar-refractivity contribution < 1.29 is 22.8 Å². The number of aromatic nitrogens is 2. The predicted octanol–water partition coefficient (Wildman–Crippen LogP) is 4.80. The molecule has 0 fully saturated rings. The van der Waals surface area contributed by atoms with Gasteiger partial charge in [-0.1, -0.05) is 30.7 Å². The summed E-state index contributed by atoms with van der Waals surface area (Å²) in [5, 5.41) is 8.85. The highest BCUT2D eigenvalue weighted by atomic mass is 19.4. The molecule has 6 nitrogen and oxygen atoms in total. The molecule has 0 spiro atoms. The minimum absolute atomic E-state index is 0.191. The lowest BCUT2D eigenvalue weighted by atomic mass is 10.2. The molecule has 0 aliphatic heterocycles. The molecule has 0 atom stereocenters. The molecule has 3 rings (SSSR count). The molecular formula is C21H19F3N4O2. The van der Waals surface area contributed by atoms with Gasteiger partial charge >= 0.3 is 6.18 Å². The summed E-state index contributed by atoms with van der Waals surface area (Å²) in [5.41, 5.74) is -0.0368. The summed E-state index contributed by atoms with van der Waals surface area (Å²) in [7, 11) is 0. The second-order valence-corrected chi connectivity index (χ2v) is 6.59. The molecule has 2 N–H and O–H groups in total. The molecule has 30 heavy (non-hydrogen) atoms. The van der Waals surface area contributed by atoms with Crippen molar-refractivity contribution in [1.82, 2.24) is 9.78 Å². The van der Waals surface area contributed by atoms with E-state index in [1.807, 2.05) is 6.92 Å². The van der Waals surface area contributed by atoms with Crippen LogP contribution in [-0.4, -0.2) is 21.6 Å². The van der Waals surface area contributed by atoms with Gasteiger partial charge in [0, 0.05) is 17.8 Å². The summed E-state index contributed by atoms with van der Waals surface area (Å²) in [5.74, 6) is -1.18. The van der Waals surface area contributed by atoms with Crippen molar-refractivity contribution in [3.63, 3.8) is 0 Å². The highest BCUT2D eigenvalue weighted by Gasteiger charge is 2.40. The fourth-order valence-corrected chi connectivity index (χ4v) is 2.79. The number of aryl methyl sites for hydroxylation is 1. The van der Waals surface area contributed by atoms with Gasteiger partial charge in [-0.15, -0.1) is 0 Å². The molecule has 3 aromatic rings. The number of hydrogen-bond donors (Lipinski definition) is 2. The molecule has 0 bridgehead atoms. The van der Waals surface area contributed by atoms with E-state index in [9.17, 15) is 22.8 Å². The maximum Gasteiger partial charge on any atom is 0.434 e. The zero-order valence-corrected chi connectivity index (χ0v) is 16.2. The van der Waals surface area contributed by atoms with Gasteiger partial charge in [-0.05, 0) is 37.3 Å². The Hall–Kier alpha value is -3.62. The van der Waals surface area contributed by atoms with Crippen LogP contribution >= 0.6 is 0 Å². The minimum Gasteiger partial charge on any atom is -0.326 e. The van der Waals surface area contributed by atoms with E-state index in [0.29, 0.717) is 10.4 Å². The zero-order valence-electron chi connectivity index (χ0n) is 16.2. The monoisotopic (exact) mass is 416 g/mol. The van der Waals surface area contributed by atoms with Gasteiger partial charge in [0.15, 0.2) is 5.69 Å². The van der Waals surface area contributed by atoms with Gasteiger partial charge in [0.1, 0.15) is 0 Å². The van der Waals surface area contributed by atoms with Crippen molar-refractivity contribution in [2.24, 2.45) is 0 Å². The van der Waals surface area contributed by atoms with E-state index < -0.39 is 23.3 Å². The maximum atomic E-state index is 13.8. The average Bonchev–Trinajstić information content (AvgIpc) is 3.14. The fraction of sp³-hybridized carbons (Fsp3) is 0.190. The first-order valence-corrected chi connectivity index (χ1v) is 9.12. The van der Waals surface area contributed by atoms with Crippen LogP contribution in [0.1, 0.15) is 35.0 Å². The Morgan fingerprint density at radius 1 is 1.03 bits per heavy atom. The quantitative estimate of drug-likeness (QED) is 0.627. The van der Waals surface area contributed by atoms with Crippen LogP contribution in [0.5, 0.6) is 0 Å². The maximum absolute atomic E-state index is 13.8. The summed E-state index contributed by atoms with van der Waals surface area (Å²) < 4.78 is 42.0. The number of alkyl halides is 3. The summed E-state index contributed by atoms with van der Waals surface area (Å²) in [6.07, 6.45) is -3.64. The van der Waals surface area contributed by atoms with Gasteiger partial charge in [0.25, 0.3) is 5.91 Å². The summed E-state index contributed by atoms with van der Waals surface area (Å²) >= 11 is 0. The third-order valence-electron chi connectivity index (χ3n) is 4.29. The van der Waals surface area contributed by atoms with E-state index in [0.717, 1.165) is 11.8 Å². The van der Waals surface area contributed by atoms with Gasteiger partial charge in [-0.3, -0.25) is 9.59 Å². The van der Waals surface area contributed by atoms with E-state index in [2.05, 4.69) is 15.7 Å². The molecule has 2 aromatic carbocycles. The number of carbonyl (C=O) groups is 2. The number of carbonyl (C=O) groups excluding carboxylic acids is 2. The van der Waals surface area contributed by atoms with Crippen LogP contribution in [0.25, 0.3) is 5.69 Å². The van der Waals surface area contributed by atoms with Crippen LogP contribution in [0, 0.1) is 6.92 Å². The lowest BCUT2D eigenvalue weighted by Gasteiger charge is -2.13. The highest BCUT2D eigenvalue weighted by Crippen LogP contribution is 2.34. The van der Waals surface area contributed by atoms with Crippen LogP contribution in [-0.2, 0) is 11.0 Å². The van der Waals surface area contributed by atoms with Crippen LogP contribution in [0.3, 0.4) is 0 Å². The second-order valence-electron chi connectivity index (χ2n) is 6.59. The first-order valence-electron chi connectivity index (χ1n) is 9.12. The summed E-state index contributed by atoms with van der Waals surface area (Å²) in [6.45, 7) is 3.50. The smallest absolute Gasteiger partial charge is 0.326 e. The molecule has 0 saturated heterocycles. The van der Waals surface area contributed by atoms with Crippen molar-refractivity contribution in [1.29, 1.82) is 0 Å². The van der Waals surface area contributed by atoms with Gasteiger partial charge in [0.05, 0.1) is 17.4 Å². The van der Waals surface area contributed by atoms with Gasteiger partial charge in [-0.2, -0.15) is 18.3 Å². The first-order chi connectivity index (χ1) is 14.2. The molecule has 0 aliphatic rings. The average molecular weight is 416 g/mol. The Morgan fingerprint density at radius 3 is 2.27 bits per heavy atom. The molecule has 1 heterocycles. The van der Waals surface area contributed by atoms with E-state index in [1.165, 1.54) is 24.3 Å². The molecule has 2 amide bonds. The van der Waals surface area contributed by atoms with Crippen LogP contribution in [0.4, 0.5) is 24.5 Å². The van der Waals surface area contributed by atoms with E-state index in [-0.39, 0.29) is 23.7 Å². The Kier molecular flexibility index (Phi) is 5.91. The van der Waals surface area contributed by atoms with E-state index >= 15 is 0 Å². The number of halogens is 3. The van der Waals surface area contributed by atoms with E-state index in [4.69, 9.17) is 0 Å². The Balaban J connectivity index is 1.92. The number of anilines is 2. The molecule has 9 heteroatoms. The van der Waals surface area contributed by atoms with Crippen molar-refractivity contribution >= 4 is 23.2 Å². The Labute approximate surface area is 170 Å². The molecule has 0 aliphatic carbocycles. The van der Waals surface area contributed by atoms with Gasteiger partial charge in [-0.25, -0.2) is 4.68 Å². The normalized spacial score (nSPS) is 11.2. The number of hydrogen-bond acceptors (Lipinski definition) is 3. The van der Waals surface area contributed by atoms with Crippen molar-refractivity contribution in [3.8, 4) is 5.69 Å². The Bertz CT molecular complexity index is 1070. The molecule has 1 aromatic heterocycles. The molecule has 156 valence electrons. The number of nitrogens with one attached hydrogen (secondary N) is 2. The largest absolute Gasteiger partial charge is 0.434 e. The SMILES string of the molecule is CCC(=O)Nc1cccc(NC(=O)c2cnn(-c3ccc(C)cc3)c2C(F)(F)F)c1. The number of amides is 2. The third-order valence-corrected chi connectivity index (χ3v) is 4.29. The molecule has 0 radical (unpaired) electrons. The topological polar surface area (TPSA) is 76.0 Å². The standard InChI is InChI=1S/C21H19F3N4O2/c1-3-18(29)26-14-5-4-6-15(11-14)27-20(30)17-12-25-28(19(17)21(22,23)24)16-9-7-13(2)8-10-16/h4-12H,3H2,1-2H3,(H,26,29)(H,27,30). The Morgan fingerprint density at radius 2 is 1.67 bits per heavy atom. The second kappa shape index (κ2) is 8.40. The first kappa shape index (κ1) is 21.1. The summed E-state index contributed by atoms with van der Waals surface area (Å²) in [6, 6.07) is 12.5. The van der Waals surface area contributed by atoms with Crippen molar-refractivity contribution in [2.45, 2.75) is 26.4 Å². The van der Waals surface area contributed by atoms with Gasteiger partial charge < -0.3 is 10.6 Å². The third kappa shape index (κ3) is 4.68. The minimum atomic E-state index is -4.80. The van der Waals surface area contributed by atoms with Crippen molar-refractivity contribution in [2.75, 3.05) is 10.6 Å². The van der Waals surface area contributed by atoms with Crippen molar-refractivity contribution in [3.05, 3.63) is 71.5 Å². The zero-order chi connectivity index (χ0) is 21.9. The lowest BCUT2D eigenvalue weighted by molar-refractivity contribution is -0.143. The van der Waals surface area contributed by atoms with Crippen LogP contribution in [0.2, 0.25) is 0 Å². The number of benzene rings is 2.